The van der Waals surface area contributed by atoms with E-state index in [1.54, 1.807) is 24.5 Å². The fourth-order valence-electron chi connectivity index (χ4n) is 2.72. The molecular weight excluding hydrogens is 387 g/mol. The lowest BCUT2D eigenvalue weighted by molar-refractivity contribution is 0.0988. The summed E-state index contributed by atoms with van der Waals surface area (Å²) in [6.45, 7) is 1.75. The lowest BCUT2D eigenvalue weighted by atomic mass is 9.90. The Morgan fingerprint density at radius 1 is 1.44 bits per heavy atom. The van der Waals surface area contributed by atoms with Crippen molar-refractivity contribution < 1.29 is 9.18 Å². The second-order valence-corrected chi connectivity index (χ2v) is 7.43. The third kappa shape index (κ3) is 4.02. The Bertz CT molecular complexity index is 1030. The van der Waals surface area contributed by atoms with Gasteiger partial charge in [0.25, 0.3) is 0 Å². The molecule has 0 aliphatic carbocycles. The van der Waals surface area contributed by atoms with Crippen LogP contribution in [0.3, 0.4) is 0 Å². The summed E-state index contributed by atoms with van der Waals surface area (Å²) < 4.78 is 14.4. The van der Waals surface area contributed by atoms with Crippen molar-refractivity contribution >= 4 is 34.3 Å². The Labute approximate surface area is 164 Å². The molecule has 1 aliphatic rings. The number of carbonyl (C=O) groups excluding carboxylic acids is 1. The van der Waals surface area contributed by atoms with Crippen LogP contribution in [0.2, 0.25) is 5.02 Å². The summed E-state index contributed by atoms with van der Waals surface area (Å²) in [6.07, 6.45) is 3.04. The van der Waals surface area contributed by atoms with Gasteiger partial charge in [-0.15, -0.1) is 0 Å². The van der Waals surface area contributed by atoms with Crippen molar-refractivity contribution in [2.75, 3.05) is 0 Å². The highest BCUT2D eigenvalue weighted by Gasteiger charge is 2.29. The fourth-order valence-corrected chi connectivity index (χ4v) is 3.71. The van der Waals surface area contributed by atoms with Crippen LogP contribution in [0.4, 0.5) is 4.39 Å². The first-order valence-electron chi connectivity index (χ1n) is 7.90. The molecule has 0 spiro atoms. The second-order valence-electron chi connectivity index (χ2n) is 6.10. The molecule has 1 atom stereocenters. The molecule has 0 saturated carbocycles. The van der Waals surface area contributed by atoms with E-state index in [1.807, 2.05) is 6.07 Å². The lowest BCUT2D eigenvalue weighted by Gasteiger charge is -2.26. The Kier molecular flexibility index (Phi) is 5.31. The van der Waals surface area contributed by atoms with Crippen molar-refractivity contribution in [3.8, 4) is 6.07 Å². The van der Waals surface area contributed by atoms with Gasteiger partial charge in [0.1, 0.15) is 23.1 Å². The van der Waals surface area contributed by atoms with Crippen molar-refractivity contribution in [1.82, 2.24) is 4.98 Å². The van der Waals surface area contributed by atoms with E-state index in [-0.39, 0.29) is 28.5 Å². The third-order valence-corrected chi connectivity index (χ3v) is 4.99. The molecule has 0 unspecified atom stereocenters. The highest BCUT2D eigenvalue weighted by atomic mass is 35.5. The third-order valence-electron chi connectivity index (χ3n) is 4.10. The van der Waals surface area contributed by atoms with E-state index in [1.165, 1.54) is 36.2 Å². The molecule has 1 aromatic heterocycles. The standard InChI is InChI=1S/C19H14ClFN4OS/c1-19(4-5-27-18(23)25-19)13-6-11(2-3-15(13)21)8-16(26)17-14(20)7-12(9-22)10-24-17/h2-7,10H,8H2,1H3,(H2,23,25)/t19-/m0/s1. The van der Waals surface area contributed by atoms with Gasteiger partial charge in [-0.25, -0.2) is 9.38 Å². The van der Waals surface area contributed by atoms with Crippen LogP contribution in [0.5, 0.6) is 0 Å². The SMILES string of the molecule is C[C@@]1(c2cc(CC(=O)c3ncc(C#N)cc3Cl)ccc2F)C=CSC(N)=N1. The number of aliphatic imine (C=N–C) groups is 1. The molecule has 0 amide bonds. The minimum absolute atomic E-state index is 0.0142. The molecule has 8 heteroatoms. The van der Waals surface area contributed by atoms with Gasteiger partial charge in [0.05, 0.1) is 10.6 Å². The topological polar surface area (TPSA) is 92.1 Å². The minimum atomic E-state index is -0.942. The summed E-state index contributed by atoms with van der Waals surface area (Å²) >= 11 is 7.31. The summed E-state index contributed by atoms with van der Waals surface area (Å²) in [6, 6.07) is 7.74. The van der Waals surface area contributed by atoms with E-state index in [2.05, 4.69) is 9.98 Å². The number of aromatic nitrogens is 1. The van der Waals surface area contributed by atoms with Crippen LogP contribution < -0.4 is 5.73 Å². The maximum absolute atomic E-state index is 14.4. The van der Waals surface area contributed by atoms with Crippen LogP contribution in [0, 0.1) is 17.1 Å². The summed E-state index contributed by atoms with van der Waals surface area (Å²) in [5, 5.41) is 11.1. The zero-order valence-electron chi connectivity index (χ0n) is 14.2. The predicted molar refractivity (Wildman–Crippen MR) is 104 cm³/mol. The van der Waals surface area contributed by atoms with Crippen LogP contribution in [0.25, 0.3) is 0 Å². The average molecular weight is 401 g/mol. The molecule has 0 radical (unpaired) electrons. The van der Waals surface area contributed by atoms with Gasteiger partial charge < -0.3 is 5.73 Å². The molecule has 2 aromatic rings. The van der Waals surface area contributed by atoms with E-state index < -0.39 is 11.4 Å². The molecule has 1 aliphatic heterocycles. The average Bonchev–Trinajstić information content (AvgIpc) is 2.62. The molecular formula is C19H14ClFN4OS. The number of benzene rings is 1. The van der Waals surface area contributed by atoms with E-state index >= 15 is 0 Å². The van der Waals surface area contributed by atoms with Gasteiger partial charge in [-0.3, -0.25) is 9.78 Å². The number of amidine groups is 1. The molecule has 5 nitrogen and oxygen atoms in total. The van der Waals surface area contributed by atoms with Crippen molar-refractivity contribution in [3.63, 3.8) is 0 Å². The number of nitrogens with two attached hydrogens (primary N) is 1. The van der Waals surface area contributed by atoms with Gasteiger partial charge in [0, 0.05) is 18.2 Å². The number of thioether (sulfide) groups is 1. The smallest absolute Gasteiger partial charge is 0.187 e. The minimum Gasteiger partial charge on any atom is -0.378 e. The normalized spacial score (nSPS) is 18.7. The van der Waals surface area contributed by atoms with Crippen LogP contribution in [0.15, 0.2) is 46.9 Å². The molecule has 0 saturated heterocycles. The highest BCUT2D eigenvalue weighted by Crippen LogP contribution is 2.34. The molecule has 27 heavy (non-hydrogen) atoms. The lowest BCUT2D eigenvalue weighted by Crippen LogP contribution is -2.25. The van der Waals surface area contributed by atoms with Crippen molar-refractivity contribution in [3.05, 3.63) is 75.2 Å². The number of ketones is 1. The van der Waals surface area contributed by atoms with Gasteiger partial charge in [0.15, 0.2) is 11.0 Å². The monoisotopic (exact) mass is 400 g/mol. The van der Waals surface area contributed by atoms with Crippen LogP contribution in [0.1, 0.15) is 34.1 Å². The number of rotatable bonds is 4. The molecule has 3 rings (SSSR count). The van der Waals surface area contributed by atoms with Gasteiger partial charge in [-0.2, -0.15) is 5.26 Å². The number of Topliss-reactive ketones (excluding diaryl/α,β-unsaturated/α-hetero) is 1. The predicted octanol–water partition coefficient (Wildman–Crippen LogP) is 3.96. The number of nitrogens with zero attached hydrogens (tertiary/aromatic N) is 3. The molecule has 2 heterocycles. The van der Waals surface area contributed by atoms with Crippen molar-refractivity contribution in [1.29, 1.82) is 5.26 Å². The number of hydrogen-bond acceptors (Lipinski definition) is 6. The highest BCUT2D eigenvalue weighted by molar-refractivity contribution is 8.16. The Balaban J connectivity index is 1.91. The van der Waals surface area contributed by atoms with E-state index in [9.17, 15) is 9.18 Å². The number of pyridine rings is 1. The first-order chi connectivity index (χ1) is 12.8. The molecule has 136 valence electrons. The van der Waals surface area contributed by atoms with Gasteiger partial charge in [0.2, 0.25) is 0 Å². The quantitative estimate of drug-likeness (QED) is 0.784. The van der Waals surface area contributed by atoms with Gasteiger partial charge >= 0.3 is 0 Å². The molecule has 0 bridgehead atoms. The number of nitriles is 1. The Morgan fingerprint density at radius 2 is 2.22 bits per heavy atom. The van der Waals surface area contributed by atoms with E-state index in [0.29, 0.717) is 16.3 Å². The van der Waals surface area contributed by atoms with Crippen molar-refractivity contribution in [2.45, 2.75) is 18.9 Å². The zero-order valence-corrected chi connectivity index (χ0v) is 15.8. The molecule has 0 fully saturated rings. The first-order valence-corrected chi connectivity index (χ1v) is 9.15. The maximum atomic E-state index is 14.4. The summed E-state index contributed by atoms with van der Waals surface area (Å²) in [5.74, 6) is -0.763. The largest absolute Gasteiger partial charge is 0.378 e. The van der Waals surface area contributed by atoms with Crippen LogP contribution >= 0.6 is 23.4 Å². The second kappa shape index (κ2) is 7.51. The van der Waals surface area contributed by atoms with Crippen LogP contribution in [-0.4, -0.2) is 15.9 Å². The molecule has 1 aromatic carbocycles. The number of carbonyl (C=O) groups is 1. The summed E-state index contributed by atoms with van der Waals surface area (Å²) in [5.41, 5.74) is 6.10. The molecule has 2 N–H and O–H groups in total. The number of halogens is 2. The van der Waals surface area contributed by atoms with Crippen molar-refractivity contribution in [2.24, 2.45) is 10.7 Å². The summed E-state index contributed by atoms with van der Waals surface area (Å²) in [4.78, 5) is 20.9. The summed E-state index contributed by atoms with van der Waals surface area (Å²) in [7, 11) is 0. The first kappa shape index (κ1) is 19.1. The van der Waals surface area contributed by atoms with Gasteiger partial charge in [-0.1, -0.05) is 29.4 Å². The fraction of sp³-hybridized carbons (Fsp3) is 0.158. The van der Waals surface area contributed by atoms with E-state index in [4.69, 9.17) is 22.6 Å². The van der Waals surface area contributed by atoms with Gasteiger partial charge in [-0.05, 0) is 42.2 Å². The van der Waals surface area contributed by atoms with E-state index in [0.717, 1.165) is 0 Å². The Hall–Kier alpha value is -2.69. The Morgan fingerprint density at radius 3 is 2.89 bits per heavy atom. The number of hydrogen-bond donors (Lipinski definition) is 1. The maximum Gasteiger partial charge on any atom is 0.187 e. The zero-order chi connectivity index (χ0) is 19.6. The van der Waals surface area contributed by atoms with Crippen LogP contribution in [-0.2, 0) is 12.0 Å².